The van der Waals surface area contributed by atoms with Gasteiger partial charge in [-0.25, -0.2) is 9.98 Å². The molecule has 148 valence electrons. The summed E-state index contributed by atoms with van der Waals surface area (Å²) < 4.78 is 7.12. The largest absolute Gasteiger partial charge is 0.372 e. The number of fused-ring (bicyclic) bond motifs is 1. The molecule has 0 spiro atoms. The first-order valence-electron chi connectivity index (χ1n) is 9.29. The standard InChI is InChI=1S/C20H22BrN3O2S2/c1-3-19(2)9-14-10-28-18(23-16(25)13-7-5-4-6-8-13)24-20(14,12-26-19)17-22-15(21)11-27-17/h4-8,11,14H,3,9-10,12H2,1-2H3,(H,23,24,25). The molecule has 2 aromatic rings. The smallest absolute Gasteiger partial charge is 0.257 e. The van der Waals surface area contributed by atoms with Gasteiger partial charge in [0.15, 0.2) is 5.17 Å². The van der Waals surface area contributed by atoms with Crippen LogP contribution in [-0.4, -0.2) is 34.0 Å². The molecule has 8 heteroatoms. The van der Waals surface area contributed by atoms with Crippen LogP contribution in [0.15, 0.2) is 45.3 Å². The lowest BCUT2D eigenvalue weighted by Gasteiger charge is -2.49. The number of amidine groups is 1. The van der Waals surface area contributed by atoms with Crippen molar-refractivity contribution in [3.63, 3.8) is 0 Å². The van der Waals surface area contributed by atoms with Crippen molar-refractivity contribution in [2.45, 2.75) is 37.8 Å². The lowest BCUT2D eigenvalue weighted by Crippen LogP contribution is -2.54. The average molecular weight is 480 g/mol. The first-order valence-corrected chi connectivity index (χ1v) is 11.9. The minimum atomic E-state index is -0.546. The van der Waals surface area contributed by atoms with E-state index in [0.29, 0.717) is 23.3 Å². The summed E-state index contributed by atoms with van der Waals surface area (Å²) >= 11 is 6.67. The number of benzene rings is 1. The number of thioether (sulfide) groups is 1. The topological polar surface area (TPSA) is 63.6 Å². The van der Waals surface area contributed by atoms with Gasteiger partial charge in [-0.1, -0.05) is 36.9 Å². The number of amides is 1. The quantitative estimate of drug-likeness (QED) is 0.683. The Bertz CT molecular complexity index is 904. The molecule has 5 nitrogen and oxygen atoms in total. The van der Waals surface area contributed by atoms with Crippen LogP contribution in [-0.2, 0) is 10.3 Å². The van der Waals surface area contributed by atoms with Crippen LogP contribution in [0.4, 0.5) is 0 Å². The third kappa shape index (κ3) is 3.79. The maximum Gasteiger partial charge on any atom is 0.257 e. The minimum Gasteiger partial charge on any atom is -0.372 e. The summed E-state index contributed by atoms with van der Waals surface area (Å²) in [6, 6.07) is 9.21. The third-order valence-electron chi connectivity index (χ3n) is 5.57. The predicted octanol–water partition coefficient (Wildman–Crippen LogP) is 4.84. The van der Waals surface area contributed by atoms with Crippen LogP contribution in [0.5, 0.6) is 0 Å². The van der Waals surface area contributed by atoms with E-state index in [-0.39, 0.29) is 11.5 Å². The van der Waals surface area contributed by atoms with Crippen molar-refractivity contribution in [2.75, 3.05) is 12.4 Å². The minimum absolute atomic E-state index is 0.135. The molecule has 1 N–H and O–H groups in total. The molecule has 2 aliphatic heterocycles. The molecule has 1 fully saturated rings. The van der Waals surface area contributed by atoms with Crippen molar-refractivity contribution in [1.82, 2.24) is 10.3 Å². The zero-order chi connectivity index (χ0) is 19.8. The summed E-state index contributed by atoms with van der Waals surface area (Å²) in [5.41, 5.74) is -0.0585. The number of thiazole rings is 1. The van der Waals surface area contributed by atoms with E-state index in [2.05, 4.69) is 40.1 Å². The number of ether oxygens (including phenoxy) is 1. The maximum absolute atomic E-state index is 12.6. The normalized spacial score (nSPS) is 29.7. The Morgan fingerprint density at radius 1 is 1.39 bits per heavy atom. The average Bonchev–Trinajstić information content (AvgIpc) is 3.16. The van der Waals surface area contributed by atoms with Crippen LogP contribution in [0.2, 0.25) is 0 Å². The molecule has 3 heterocycles. The molecule has 3 atom stereocenters. The number of carbonyl (C=O) groups excluding carboxylic acids is 1. The Balaban J connectivity index is 1.66. The fourth-order valence-electron chi connectivity index (χ4n) is 3.67. The van der Waals surface area contributed by atoms with E-state index in [9.17, 15) is 4.79 Å². The predicted molar refractivity (Wildman–Crippen MR) is 118 cm³/mol. The van der Waals surface area contributed by atoms with Gasteiger partial charge in [-0.2, -0.15) is 0 Å². The zero-order valence-electron chi connectivity index (χ0n) is 15.8. The van der Waals surface area contributed by atoms with Gasteiger partial charge in [0.2, 0.25) is 0 Å². The van der Waals surface area contributed by atoms with Crippen LogP contribution >= 0.6 is 39.0 Å². The third-order valence-corrected chi connectivity index (χ3v) is 8.32. The van der Waals surface area contributed by atoms with E-state index in [1.54, 1.807) is 35.2 Å². The highest BCUT2D eigenvalue weighted by Crippen LogP contribution is 2.50. The van der Waals surface area contributed by atoms with Crippen molar-refractivity contribution in [2.24, 2.45) is 10.9 Å². The van der Waals surface area contributed by atoms with Crippen molar-refractivity contribution in [3.05, 3.63) is 50.9 Å². The van der Waals surface area contributed by atoms with E-state index >= 15 is 0 Å². The molecule has 4 rings (SSSR count). The van der Waals surface area contributed by atoms with Gasteiger partial charge < -0.3 is 10.1 Å². The summed E-state index contributed by atoms with van der Waals surface area (Å²) in [4.78, 5) is 22.3. The number of halogens is 1. The summed E-state index contributed by atoms with van der Waals surface area (Å²) in [6.45, 7) is 4.82. The first kappa shape index (κ1) is 20.1. The van der Waals surface area contributed by atoms with Crippen LogP contribution in [0.3, 0.4) is 0 Å². The second-order valence-corrected chi connectivity index (χ2v) is 10.1. The number of aromatic nitrogens is 1. The van der Waals surface area contributed by atoms with Gasteiger partial charge in [-0.15, -0.1) is 11.3 Å². The molecule has 0 radical (unpaired) electrons. The molecule has 0 bridgehead atoms. The number of hydrogen-bond donors (Lipinski definition) is 1. The number of carbonyl (C=O) groups is 1. The van der Waals surface area contributed by atoms with Crippen molar-refractivity contribution >= 4 is 50.1 Å². The monoisotopic (exact) mass is 479 g/mol. The fraction of sp³-hybridized carbons (Fsp3) is 0.450. The highest BCUT2D eigenvalue weighted by molar-refractivity contribution is 9.10. The second kappa shape index (κ2) is 7.89. The Labute approximate surface area is 181 Å². The van der Waals surface area contributed by atoms with E-state index in [1.807, 2.05) is 23.6 Å². The summed E-state index contributed by atoms with van der Waals surface area (Å²) in [5.74, 6) is 1.05. The fourth-order valence-corrected chi connectivity index (χ4v) is 6.28. The molecule has 3 unspecified atom stereocenters. The van der Waals surface area contributed by atoms with Crippen molar-refractivity contribution in [3.8, 4) is 0 Å². The molecule has 1 amide bonds. The zero-order valence-corrected chi connectivity index (χ0v) is 19.0. The molecule has 1 aromatic carbocycles. The van der Waals surface area contributed by atoms with Crippen LogP contribution in [0.25, 0.3) is 0 Å². The summed E-state index contributed by atoms with van der Waals surface area (Å²) in [6.07, 6.45) is 1.89. The summed E-state index contributed by atoms with van der Waals surface area (Å²) in [5, 5.41) is 6.55. The number of rotatable bonds is 3. The molecule has 0 aliphatic carbocycles. The van der Waals surface area contributed by atoms with E-state index in [4.69, 9.17) is 9.73 Å². The number of nitrogens with zero attached hydrogens (tertiary/aromatic N) is 2. The first-order chi connectivity index (χ1) is 13.4. The lowest BCUT2D eigenvalue weighted by atomic mass is 9.75. The lowest BCUT2D eigenvalue weighted by molar-refractivity contribution is -0.122. The molecule has 1 saturated heterocycles. The molecule has 2 aliphatic rings. The Kier molecular flexibility index (Phi) is 5.66. The second-order valence-electron chi connectivity index (χ2n) is 7.44. The Hall–Kier alpha value is -1.22. The molecular weight excluding hydrogens is 458 g/mol. The Morgan fingerprint density at radius 3 is 2.86 bits per heavy atom. The maximum atomic E-state index is 12.6. The molecule has 1 aromatic heterocycles. The van der Waals surface area contributed by atoms with Gasteiger partial charge >= 0.3 is 0 Å². The van der Waals surface area contributed by atoms with Crippen molar-refractivity contribution < 1.29 is 9.53 Å². The van der Waals surface area contributed by atoms with Gasteiger partial charge in [0.05, 0.1) is 12.2 Å². The van der Waals surface area contributed by atoms with E-state index in [0.717, 1.165) is 28.2 Å². The van der Waals surface area contributed by atoms with Gasteiger partial charge in [0.25, 0.3) is 5.91 Å². The van der Waals surface area contributed by atoms with Gasteiger partial charge in [-0.05, 0) is 47.8 Å². The van der Waals surface area contributed by atoms with Crippen LogP contribution in [0.1, 0.15) is 42.1 Å². The highest BCUT2D eigenvalue weighted by Gasteiger charge is 2.53. The SMILES string of the molecule is CCC1(C)CC2CSC(NC(=O)c3ccccc3)=NC2(c2nc(Br)cs2)CO1. The van der Waals surface area contributed by atoms with Gasteiger partial charge in [-0.3, -0.25) is 4.79 Å². The number of nitrogens with one attached hydrogen (secondary N) is 1. The number of aliphatic imine (C=N–C) groups is 1. The van der Waals surface area contributed by atoms with Crippen LogP contribution < -0.4 is 5.32 Å². The summed E-state index contributed by atoms with van der Waals surface area (Å²) in [7, 11) is 0. The van der Waals surface area contributed by atoms with Crippen molar-refractivity contribution in [1.29, 1.82) is 0 Å². The Morgan fingerprint density at radius 2 is 2.18 bits per heavy atom. The molecule has 0 saturated carbocycles. The number of hydrogen-bond acceptors (Lipinski definition) is 6. The highest BCUT2D eigenvalue weighted by atomic mass is 79.9. The molecular formula is C20H22BrN3O2S2. The van der Waals surface area contributed by atoms with E-state index < -0.39 is 5.54 Å². The van der Waals surface area contributed by atoms with E-state index in [1.165, 1.54) is 0 Å². The van der Waals surface area contributed by atoms with Crippen LogP contribution in [0, 0.1) is 5.92 Å². The van der Waals surface area contributed by atoms with Gasteiger partial charge in [0, 0.05) is 22.6 Å². The van der Waals surface area contributed by atoms with Gasteiger partial charge in [0.1, 0.15) is 15.1 Å². The molecule has 28 heavy (non-hydrogen) atoms.